The quantitative estimate of drug-likeness (QED) is 0.579. The number of hydrogen-bond acceptors (Lipinski definition) is 1. The van der Waals surface area contributed by atoms with Crippen LogP contribution in [-0.2, 0) is 4.79 Å². The van der Waals surface area contributed by atoms with Gasteiger partial charge >= 0.3 is 0 Å². The Morgan fingerprint density at radius 1 is 1.40 bits per heavy atom. The minimum Gasteiger partial charge on any atom is -0.542 e. The van der Waals surface area contributed by atoms with Crippen LogP contribution >= 0.6 is 0 Å². The van der Waals surface area contributed by atoms with Gasteiger partial charge in [0.1, 0.15) is 0 Å². The molecule has 0 spiro atoms. The van der Waals surface area contributed by atoms with Crippen LogP contribution < -0.4 is 0 Å². The monoisotopic (exact) mass is 321 g/mol. The predicted molar refractivity (Wildman–Crippen MR) is 11.4 cm³/mol. The third-order valence-electron chi connectivity index (χ3n) is 0. The predicted octanol–water partition coefficient (Wildman–Crippen LogP) is 0.116. The molecule has 0 saturated carbocycles. The molecule has 0 aliphatic carbocycles. The molecule has 0 saturated heterocycles. The van der Waals surface area contributed by atoms with E-state index < -0.39 is 0 Å². The molecular formula is C2H3La2O-. The fourth-order valence-electron chi connectivity index (χ4n) is 0. The van der Waals surface area contributed by atoms with Crippen molar-refractivity contribution < 1.29 is 76.0 Å². The normalized spacial score (nSPS) is 2.60. The van der Waals surface area contributed by atoms with E-state index in [1.54, 1.807) is 0 Å². The van der Waals surface area contributed by atoms with E-state index in [1.165, 1.54) is 13.2 Å². The Labute approximate surface area is 87.5 Å². The summed E-state index contributed by atoms with van der Waals surface area (Å²) in [6.07, 6.45) is 1.50. The molecule has 0 aliphatic rings. The topological polar surface area (TPSA) is 17.1 Å². The first-order chi connectivity index (χ1) is 1.41. The van der Waals surface area contributed by atoms with Gasteiger partial charge in [-0.15, -0.1) is 0 Å². The Bertz CT molecular complexity index is 15.1. The summed E-state index contributed by atoms with van der Waals surface area (Å²) in [7, 11) is 0. The molecule has 1 nitrogen and oxygen atoms in total. The van der Waals surface area contributed by atoms with Crippen molar-refractivity contribution in [2.45, 2.75) is 6.92 Å². The Hall–Kier alpha value is 2.06. The average Bonchev–Trinajstić information content (AvgIpc) is 0.918. The van der Waals surface area contributed by atoms with Gasteiger partial charge in [-0.1, -0.05) is 0 Å². The van der Waals surface area contributed by atoms with Crippen LogP contribution in [0, 0.1) is 71.2 Å². The number of hydrogen-bond donors (Lipinski definition) is 0. The van der Waals surface area contributed by atoms with Crippen molar-refractivity contribution in [2.24, 2.45) is 0 Å². The van der Waals surface area contributed by atoms with Gasteiger partial charge in [0.25, 0.3) is 0 Å². The van der Waals surface area contributed by atoms with Crippen LogP contribution in [0.5, 0.6) is 0 Å². The summed E-state index contributed by atoms with van der Waals surface area (Å²) in [6, 6.07) is 0. The molecular weight excluding hydrogens is 318 g/mol. The zero-order valence-electron chi connectivity index (χ0n) is 3.06. The molecule has 0 unspecified atom stereocenters. The SMILES string of the molecule is C[C-]=O.[La].[La]. The second-order valence-corrected chi connectivity index (χ2v) is 0.204. The van der Waals surface area contributed by atoms with Gasteiger partial charge in [-0.3, -0.25) is 6.29 Å². The summed E-state index contributed by atoms with van der Waals surface area (Å²) < 4.78 is 0. The molecule has 5 heavy (non-hydrogen) atoms. The maximum atomic E-state index is 8.68. The van der Waals surface area contributed by atoms with Gasteiger partial charge in [-0.2, -0.15) is 6.92 Å². The van der Waals surface area contributed by atoms with E-state index in [0.29, 0.717) is 0 Å². The van der Waals surface area contributed by atoms with Crippen molar-refractivity contribution in [1.29, 1.82) is 0 Å². The summed E-state index contributed by atoms with van der Waals surface area (Å²) in [5, 5.41) is 0. The third-order valence-corrected chi connectivity index (χ3v) is 0. The van der Waals surface area contributed by atoms with E-state index in [1.807, 2.05) is 0 Å². The molecule has 0 amide bonds. The maximum absolute atomic E-state index is 8.68. The van der Waals surface area contributed by atoms with E-state index in [0.717, 1.165) is 0 Å². The molecule has 0 heterocycles. The molecule has 0 rings (SSSR count). The number of rotatable bonds is 0. The molecule has 0 aromatic heterocycles. The first-order valence-electron chi connectivity index (χ1n) is 0.704. The average molecular weight is 321 g/mol. The summed E-state index contributed by atoms with van der Waals surface area (Å²) in [5.74, 6) is 0. The molecule has 0 fully saturated rings. The first-order valence-corrected chi connectivity index (χ1v) is 0.704. The van der Waals surface area contributed by atoms with Crippen molar-refractivity contribution in [1.82, 2.24) is 0 Å². The van der Waals surface area contributed by atoms with E-state index in [2.05, 4.69) is 0 Å². The van der Waals surface area contributed by atoms with Crippen molar-refractivity contribution >= 4 is 6.29 Å². The second kappa shape index (κ2) is 16.6. The summed E-state index contributed by atoms with van der Waals surface area (Å²) in [6.45, 7) is 1.32. The van der Waals surface area contributed by atoms with Gasteiger partial charge in [0.05, 0.1) is 0 Å². The van der Waals surface area contributed by atoms with Gasteiger partial charge in [0, 0.05) is 71.2 Å². The van der Waals surface area contributed by atoms with Crippen LogP contribution in [-0.4, -0.2) is 6.29 Å². The summed E-state index contributed by atoms with van der Waals surface area (Å²) in [5.41, 5.74) is 0. The van der Waals surface area contributed by atoms with Gasteiger partial charge in [0.2, 0.25) is 0 Å². The van der Waals surface area contributed by atoms with Crippen LogP contribution in [0.4, 0.5) is 0 Å². The zero-order chi connectivity index (χ0) is 2.71. The second-order valence-electron chi connectivity index (χ2n) is 0.204. The van der Waals surface area contributed by atoms with Crippen LogP contribution in [0.25, 0.3) is 0 Å². The van der Waals surface area contributed by atoms with Gasteiger partial charge in [-0.25, -0.2) is 0 Å². The molecule has 0 N–H and O–H groups in total. The Balaban J connectivity index is -0.0000000200. The summed E-state index contributed by atoms with van der Waals surface area (Å²) in [4.78, 5) is 8.68. The molecule has 0 atom stereocenters. The molecule has 24 valence electrons. The largest absolute Gasteiger partial charge is 0.542 e. The van der Waals surface area contributed by atoms with E-state index in [9.17, 15) is 0 Å². The minimum atomic E-state index is 0. The van der Waals surface area contributed by atoms with Gasteiger partial charge < -0.3 is 4.79 Å². The fourth-order valence-corrected chi connectivity index (χ4v) is 0. The molecule has 0 aromatic rings. The van der Waals surface area contributed by atoms with Crippen LogP contribution in [0.15, 0.2) is 0 Å². The maximum Gasteiger partial charge on any atom is 0 e. The van der Waals surface area contributed by atoms with E-state index in [-0.39, 0.29) is 71.2 Å². The van der Waals surface area contributed by atoms with Crippen molar-refractivity contribution in [3.05, 3.63) is 0 Å². The van der Waals surface area contributed by atoms with Crippen LogP contribution in [0.2, 0.25) is 0 Å². The Morgan fingerprint density at radius 3 is 1.40 bits per heavy atom. The Kier molecular flexibility index (Phi) is 52.1. The van der Waals surface area contributed by atoms with E-state index >= 15 is 0 Å². The molecule has 0 aliphatic heterocycles. The third kappa shape index (κ3) is 23.5. The zero-order valence-corrected chi connectivity index (χ0v) is 10.3. The van der Waals surface area contributed by atoms with Crippen molar-refractivity contribution in [2.75, 3.05) is 0 Å². The molecule has 2 radical (unpaired) electrons. The number of carbonyl (C=O) groups excluding carboxylic acids is 1. The van der Waals surface area contributed by atoms with Gasteiger partial charge in [-0.05, 0) is 0 Å². The van der Waals surface area contributed by atoms with Crippen LogP contribution in [0.1, 0.15) is 6.92 Å². The fraction of sp³-hybridized carbons (Fsp3) is 0.500. The van der Waals surface area contributed by atoms with E-state index in [4.69, 9.17) is 4.79 Å². The van der Waals surface area contributed by atoms with Crippen molar-refractivity contribution in [3.8, 4) is 0 Å². The molecule has 0 aromatic carbocycles. The first kappa shape index (κ1) is 15.7. The summed E-state index contributed by atoms with van der Waals surface area (Å²) >= 11 is 0. The Morgan fingerprint density at radius 2 is 1.40 bits per heavy atom. The molecule has 0 bridgehead atoms. The smallest absolute Gasteiger partial charge is 0 e. The minimum absolute atomic E-state index is 0. The van der Waals surface area contributed by atoms with Crippen LogP contribution in [0.3, 0.4) is 0 Å². The van der Waals surface area contributed by atoms with Gasteiger partial charge in [0.15, 0.2) is 0 Å². The standard InChI is InChI=1S/C2H3O.2La/c1-2-3;;/h1H3;;/q-1;;. The molecule has 3 heteroatoms. The van der Waals surface area contributed by atoms with Crippen molar-refractivity contribution in [3.63, 3.8) is 0 Å².